The lowest BCUT2D eigenvalue weighted by atomic mass is 10.2. The molecule has 0 unspecified atom stereocenters. The molecular formula is C32H23Cl2N5O3S2. The van der Waals surface area contributed by atoms with Crippen molar-refractivity contribution in [3.63, 3.8) is 0 Å². The van der Waals surface area contributed by atoms with Crippen LogP contribution >= 0.6 is 46.3 Å². The molecule has 0 atom stereocenters. The number of nitrogens with zero attached hydrogens (tertiary/aromatic N) is 2. The second-order valence-electron chi connectivity index (χ2n) is 9.15. The van der Waals surface area contributed by atoms with Gasteiger partial charge in [0.2, 0.25) is 5.91 Å². The van der Waals surface area contributed by atoms with Crippen molar-refractivity contribution in [2.24, 2.45) is 0 Å². The number of nitrogens with one attached hydrogen (secondary N) is 3. The maximum Gasteiger partial charge on any atom is 0.272 e. The molecule has 220 valence electrons. The number of carbonyl (C=O) groups excluding carboxylic acids is 3. The Morgan fingerprint density at radius 1 is 0.886 bits per heavy atom. The number of rotatable bonds is 10. The van der Waals surface area contributed by atoms with Gasteiger partial charge < -0.3 is 16.0 Å². The summed E-state index contributed by atoms with van der Waals surface area (Å²) in [6, 6.07) is 24.4. The third-order valence-electron chi connectivity index (χ3n) is 5.97. The number of hydrogen-bond acceptors (Lipinski definition) is 7. The lowest BCUT2D eigenvalue weighted by molar-refractivity contribution is -0.114. The highest BCUT2D eigenvalue weighted by molar-refractivity contribution is 8.00. The Bertz CT molecular complexity index is 1820. The van der Waals surface area contributed by atoms with E-state index < -0.39 is 11.8 Å². The molecule has 2 aromatic heterocycles. The monoisotopic (exact) mass is 659 g/mol. The van der Waals surface area contributed by atoms with E-state index in [-0.39, 0.29) is 17.4 Å². The van der Waals surface area contributed by atoms with Crippen molar-refractivity contribution in [2.45, 2.75) is 4.90 Å². The normalized spacial score (nSPS) is 11.1. The number of hydrogen-bond donors (Lipinski definition) is 3. The summed E-state index contributed by atoms with van der Waals surface area (Å²) in [4.78, 5) is 47.9. The van der Waals surface area contributed by atoms with E-state index in [0.717, 1.165) is 10.5 Å². The SMILES string of the molecule is O=C(CSc1ccc(NC(=O)/C(=C/c2cccnc2)NC(=O)c2ccccc2)cc1)Nc1nc(-c2ccc(Cl)c(Cl)c2)cs1. The molecule has 44 heavy (non-hydrogen) atoms. The molecule has 12 heteroatoms. The molecule has 0 saturated heterocycles. The smallest absolute Gasteiger partial charge is 0.272 e. The van der Waals surface area contributed by atoms with E-state index in [4.69, 9.17) is 23.2 Å². The molecule has 0 aliphatic carbocycles. The lowest BCUT2D eigenvalue weighted by Gasteiger charge is -2.12. The minimum absolute atomic E-state index is 0.0616. The molecule has 2 heterocycles. The maximum absolute atomic E-state index is 13.2. The Morgan fingerprint density at radius 3 is 2.41 bits per heavy atom. The molecular weight excluding hydrogens is 637 g/mol. The molecule has 0 saturated carbocycles. The fraction of sp³-hybridized carbons (Fsp3) is 0.0312. The van der Waals surface area contributed by atoms with Crippen LogP contribution in [0.15, 0.2) is 113 Å². The first-order valence-corrected chi connectivity index (χ1v) is 15.7. The van der Waals surface area contributed by atoms with Crippen molar-refractivity contribution in [1.29, 1.82) is 0 Å². The van der Waals surface area contributed by atoms with Crippen LogP contribution in [0.1, 0.15) is 15.9 Å². The van der Waals surface area contributed by atoms with E-state index in [9.17, 15) is 14.4 Å². The topological polar surface area (TPSA) is 113 Å². The third-order valence-corrected chi connectivity index (χ3v) is 8.48. The van der Waals surface area contributed by atoms with Gasteiger partial charge in [-0.1, -0.05) is 53.5 Å². The zero-order valence-corrected chi connectivity index (χ0v) is 25.9. The molecule has 0 radical (unpaired) electrons. The van der Waals surface area contributed by atoms with Crippen molar-refractivity contribution >= 4 is 80.9 Å². The Balaban J connectivity index is 1.17. The Kier molecular flexibility index (Phi) is 10.4. The molecule has 0 aliphatic rings. The van der Waals surface area contributed by atoms with Crippen LogP contribution in [-0.2, 0) is 9.59 Å². The largest absolute Gasteiger partial charge is 0.321 e. The molecule has 0 spiro atoms. The highest BCUT2D eigenvalue weighted by Gasteiger charge is 2.16. The van der Waals surface area contributed by atoms with Gasteiger partial charge in [0.15, 0.2) is 5.13 Å². The zero-order chi connectivity index (χ0) is 30.9. The van der Waals surface area contributed by atoms with E-state index >= 15 is 0 Å². The molecule has 3 aromatic carbocycles. The van der Waals surface area contributed by atoms with Crippen molar-refractivity contribution in [3.05, 3.63) is 130 Å². The predicted octanol–water partition coefficient (Wildman–Crippen LogP) is 7.65. The average Bonchev–Trinajstić information content (AvgIpc) is 3.51. The lowest BCUT2D eigenvalue weighted by Crippen LogP contribution is -2.30. The fourth-order valence-corrected chi connectivity index (χ4v) is 5.56. The minimum Gasteiger partial charge on any atom is -0.321 e. The maximum atomic E-state index is 13.2. The van der Waals surface area contributed by atoms with E-state index in [1.807, 2.05) is 11.4 Å². The van der Waals surface area contributed by atoms with Crippen molar-refractivity contribution in [3.8, 4) is 11.3 Å². The summed E-state index contributed by atoms with van der Waals surface area (Å²) in [6.07, 6.45) is 4.77. The van der Waals surface area contributed by atoms with Crippen LogP contribution in [-0.4, -0.2) is 33.4 Å². The molecule has 5 aromatic rings. The molecule has 3 amide bonds. The van der Waals surface area contributed by atoms with Gasteiger partial charge >= 0.3 is 0 Å². The second-order valence-corrected chi connectivity index (χ2v) is 11.9. The van der Waals surface area contributed by atoms with Crippen molar-refractivity contribution < 1.29 is 14.4 Å². The average molecular weight is 661 g/mol. The highest BCUT2D eigenvalue weighted by Crippen LogP contribution is 2.30. The van der Waals surface area contributed by atoms with Gasteiger partial charge in [0.1, 0.15) is 5.70 Å². The summed E-state index contributed by atoms with van der Waals surface area (Å²) in [6.45, 7) is 0. The molecule has 0 bridgehead atoms. The Hall–Kier alpha value is -4.48. The quantitative estimate of drug-likeness (QED) is 0.105. The van der Waals surface area contributed by atoms with Crippen molar-refractivity contribution in [2.75, 3.05) is 16.4 Å². The summed E-state index contributed by atoms with van der Waals surface area (Å²) >= 11 is 14.7. The van der Waals surface area contributed by atoms with Crippen LogP contribution in [0.25, 0.3) is 17.3 Å². The number of benzene rings is 3. The number of carbonyl (C=O) groups is 3. The van der Waals surface area contributed by atoms with Gasteiger partial charge in [-0.2, -0.15) is 0 Å². The second kappa shape index (κ2) is 14.8. The molecule has 3 N–H and O–H groups in total. The van der Waals surface area contributed by atoms with Gasteiger partial charge in [0.05, 0.1) is 21.5 Å². The summed E-state index contributed by atoms with van der Waals surface area (Å²) in [5.74, 6) is -0.954. The first kappa shape index (κ1) is 31.0. The van der Waals surface area contributed by atoms with E-state index in [0.29, 0.717) is 37.7 Å². The van der Waals surface area contributed by atoms with Crippen LogP contribution in [0.4, 0.5) is 10.8 Å². The molecule has 8 nitrogen and oxygen atoms in total. The Labute approximate surface area is 271 Å². The van der Waals surface area contributed by atoms with E-state index in [1.54, 1.807) is 97.3 Å². The van der Waals surface area contributed by atoms with Gasteiger partial charge in [0.25, 0.3) is 11.8 Å². The third kappa shape index (κ3) is 8.55. The fourth-order valence-electron chi connectivity index (χ4n) is 3.83. The van der Waals surface area contributed by atoms with Gasteiger partial charge in [-0.15, -0.1) is 23.1 Å². The number of thioether (sulfide) groups is 1. The highest BCUT2D eigenvalue weighted by atomic mass is 35.5. The number of anilines is 2. The summed E-state index contributed by atoms with van der Waals surface area (Å²) in [5.41, 5.74) is 3.14. The summed E-state index contributed by atoms with van der Waals surface area (Å²) in [7, 11) is 0. The predicted molar refractivity (Wildman–Crippen MR) is 178 cm³/mol. The standard InChI is InChI=1S/C32H23Cl2N5O3S2/c33-25-13-8-22(16-26(25)34)28-18-44-32(38-28)39-29(40)19-43-24-11-9-23(10-12-24)36-31(42)27(15-20-5-4-14-35-17-20)37-30(41)21-6-2-1-3-7-21/h1-18H,19H2,(H,36,42)(H,37,41)(H,38,39,40)/b27-15-. The minimum atomic E-state index is -0.499. The number of aromatic nitrogens is 2. The van der Waals surface area contributed by atoms with Gasteiger partial charge in [-0.3, -0.25) is 19.4 Å². The van der Waals surface area contributed by atoms with Crippen LogP contribution in [0.3, 0.4) is 0 Å². The molecule has 0 fully saturated rings. The summed E-state index contributed by atoms with van der Waals surface area (Å²) in [5, 5.41) is 11.5. The van der Waals surface area contributed by atoms with Crippen LogP contribution in [0.5, 0.6) is 0 Å². The van der Waals surface area contributed by atoms with Crippen LogP contribution in [0, 0.1) is 0 Å². The van der Waals surface area contributed by atoms with Gasteiger partial charge in [-0.25, -0.2) is 4.98 Å². The van der Waals surface area contributed by atoms with E-state index in [1.165, 1.54) is 23.1 Å². The zero-order valence-electron chi connectivity index (χ0n) is 22.8. The number of pyridine rings is 1. The molecule has 5 rings (SSSR count). The van der Waals surface area contributed by atoms with E-state index in [2.05, 4.69) is 25.9 Å². The van der Waals surface area contributed by atoms with Crippen molar-refractivity contribution in [1.82, 2.24) is 15.3 Å². The Morgan fingerprint density at radius 2 is 1.68 bits per heavy atom. The first-order chi connectivity index (χ1) is 21.3. The number of halogens is 2. The number of amides is 3. The molecule has 0 aliphatic heterocycles. The van der Waals surface area contributed by atoms with Crippen LogP contribution in [0.2, 0.25) is 10.0 Å². The first-order valence-electron chi connectivity index (χ1n) is 13.1. The van der Waals surface area contributed by atoms with Gasteiger partial charge in [-0.05, 0) is 66.2 Å². The number of thiazole rings is 1. The summed E-state index contributed by atoms with van der Waals surface area (Å²) < 4.78 is 0. The van der Waals surface area contributed by atoms with Gasteiger partial charge in [0, 0.05) is 39.5 Å². The van der Waals surface area contributed by atoms with Crippen LogP contribution < -0.4 is 16.0 Å².